The zero-order chi connectivity index (χ0) is 11.6. The number of aromatic nitrogens is 1. The highest BCUT2D eigenvalue weighted by Crippen LogP contribution is 2.24. The summed E-state index contributed by atoms with van der Waals surface area (Å²) in [5.74, 6) is -1.32. The van der Waals surface area contributed by atoms with Crippen LogP contribution < -0.4 is 4.74 Å². The Morgan fingerprint density at radius 2 is 2.13 bits per heavy atom. The number of aromatic carboxylic acids is 1. The van der Waals surface area contributed by atoms with Crippen LogP contribution in [-0.4, -0.2) is 27.3 Å². The molecular weight excluding hydrogens is 198 g/mol. The second-order valence-corrected chi connectivity index (χ2v) is 3.41. The Balaban J connectivity index is 3.17. The number of carboxylic acids is 1. The van der Waals surface area contributed by atoms with Gasteiger partial charge in [-0.2, -0.15) is 0 Å². The van der Waals surface area contributed by atoms with Crippen molar-refractivity contribution in [1.29, 1.82) is 0 Å². The molecule has 0 bridgehead atoms. The zero-order valence-corrected chi connectivity index (χ0v) is 8.81. The van der Waals surface area contributed by atoms with E-state index in [4.69, 9.17) is 9.84 Å². The standard InChI is InChI=1S/C10H13NO4/c1-5(2)15-8-4-7(10(13)14)9(12)6(3)11-8/h4-5,12H,1-3H3,(H,13,14). The molecule has 1 aromatic heterocycles. The number of aromatic hydroxyl groups is 1. The number of carboxylic acid groups (broad SMARTS) is 1. The molecule has 82 valence electrons. The van der Waals surface area contributed by atoms with Crippen LogP contribution in [0.5, 0.6) is 11.6 Å². The highest BCUT2D eigenvalue weighted by atomic mass is 16.5. The lowest BCUT2D eigenvalue weighted by Gasteiger charge is -2.11. The fourth-order valence-corrected chi connectivity index (χ4v) is 1.10. The minimum atomic E-state index is -1.20. The van der Waals surface area contributed by atoms with Gasteiger partial charge in [0.2, 0.25) is 5.88 Å². The summed E-state index contributed by atoms with van der Waals surface area (Å²) in [4.78, 5) is 14.7. The van der Waals surface area contributed by atoms with Crippen molar-refractivity contribution in [2.75, 3.05) is 0 Å². The number of nitrogens with zero attached hydrogens (tertiary/aromatic N) is 1. The summed E-state index contributed by atoms with van der Waals surface area (Å²) in [6.45, 7) is 5.14. The van der Waals surface area contributed by atoms with Crippen molar-refractivity contribution in [3.8, 4) is 11.6 Å². The van der Waals surface area contributed by atoms with Gasteiger partial charge in [0.1, 0.15) is 5.56 Å². The van der Waals surface area contributed by atoms with E-state index in [0.717, 1.165) is 0 Å². The van der Waals surface area contributed by atoms with E-state index in [-0.39, 0.29) is 29.0 Å². The normalized spacial score (nSPS) is 10.4. The molecule has 0 saturated heterocycles. The summed E-state index contributed by atoms with van der Waals surface area (Å²) in [7, 11) is 0. The van der Waals surface area contributed by atoms with Crippen molar-refractivity contribution in [1.82, 2.24) is 4.98 Å². The summed E-state index contributed by atoms with van der Waals surface area (Å²) >= 11 is 0. The van der Waals surface area contributed by atoms with E-state index in [1.165, 1.54) is 13.0 Å². The largest absolute Gasteiger partial charge is 0.505 e. The third kappa shape index (κ3) is 2.59. The molecule has 0 aliphatic carbocycles. The van der Waals surface area contributed by atoms with Crippen LogP contribution >= 0.6 is 0 Å². The number of carbonyl (C=O) groups is 1. The fraction of sp³-hybridized carbons (Fsp3) is 0.400. The number of ether oxygens (including phenoxy) is 1. The average molecular weight is 211 g/mol. The van der Waals surface area contributed by atoms with Crippen LogP contribution in [0.25, 0.3) is 0 Å². The lowest BCUT2D eigenvalue weighted by molar-refractivity contribution is 0.0692. The number of rotatable bonds is 3. The van der Waals surface area contributed by atoms with Crippen LogP contribution in [0.3, 0.4) is 0 Å². The predicted molar refractivity (Wildman–Crippen MR) is 53.4 cm³/mol. The number of pyridine rings is 1. The smallest absolute Gasteiger partial charge is 0.339 e. The molecule has 0 radical (unpaired) electrons. The van der Waals surface area contributed by atoms with Gasteiger partial charge in [0, 0.05) is 6.07 Å². The Morgan fingerprint density at radius 1 is 1.53 bits per heavy atom. The molecule has 5 nitrogen and oxygen atoms in total. The third-order valence-electron chi connectivity index (χ3n) is 1.73. The first-order valence-corrected chi connectivity index (χ1v) is 4.52. The van der Waals surface area contributed by atoms with E-state index >= 15 is 0 Å². The molecular formula is C10H13NO4. The fourth-order valence-electron chi connectivity index (χ4n) is 1.10. The van der Waals surface area contributed by atoms with Crippen LogP contribution in [-0.2, 0) is 0 Å². The van der Waals surface area contributed by atoms with Gasteiger partial charge in [-0.15, -0.1) is 0 Å². The maximum absolute atomic E-state index is 10.8. The van der Waals surface area contributed by atoms with Crippen LogP contribution in [0.1, 0.15) is 29.9 Å². The molecule has 0 unspecified atom stereocenters. The Kier molecular flexibility index (Phi) is 3.14. The summed E-state index contributed by atoms with van der Waals surface area (Å²) in [5.41, 5.74) is 0.0451. The van der Waals surface area contributed by atoms with Crippen LogP contribution in [0.4, 0.5) is 0 Å². The Morgan fingerprint density at radius 3 is 2.60 bits per heavy atom. The minimum absolute atomic E-state index is 0.0944. The first-order valence-electron chi connectivity index (χ1n) is 4.52. The SMILES string of the molecule is Cc1nc(OC(C)C)cc(C(=O)O)c1O. The molecule has 1 rings (SSSR count). The predicted octanol–water partition coefficient (Wildman–Crippen LogP) is 1.58. The van der Waals surface area contributed by atoms with Gasteiger partial charge in [-0.1, -0.05) is 0 Å². The maximum atomic E-state index is 10.8. The van der Waals surface area contributed by atoms with Crippen LogP contribution in [0.2, 0.25) is 0 Å². The van der Waals surface area contributed by atoms with E-state index < -0.39 is 5.97 Å². The molecule has 0 spiro atoms. The first kappa shape index (κ1) is 11.3. The molecule has 0 saturated carbocycles. The quantitative estimate of drug-likeness (QED) is 0.793. The number of hydrogen-bond acceptors (Lipinski definition) is 4. The van der Waals surface area contributed by atoms with Gasteiger partial charge in [0.05, 0.1) is 11.8 Å². The van der Waals surface area contributed by atoms with Gasteiger partial charge in [-0.05, 0) is 20.8 Å². The van der Waals surface area contributed by atoms with Gasteiger partial charge in [-0.25, -0.2) is 9.78 Å². The van der Waals surface area contributed by atoms with Gasteiger partial charge >= 0.3 is 5.97 Å². The molecule has 0 fully saturated rings. The van der Waals surface area contributed by atoms with Crippen molar-refractivity contribution < 1.29 is 19.7 Å². The van der Waals surface area contributed by atoms with E-state index in [9.17, 15) is 9.90 Å². The summed E-state index contributed by atoms with van der Waals surface area (Å²) in [6.07, 6.45) is -0.0944. The van der Waals surface area contributed by atoms with E-state index in [1.807, 2.05) is 13.8 Å². The second-order valence-electron chi connectivity index (χ2n) is 3.41. The Hall–Kier alpha value is -1.78. The van der Waals surface area contributed by atoms with E-state index in [1.54, 1.807) is 0 Å². The molecule has 0 aliphatic rings. The lowest BCUT2D eigenvalue weighted by Crippen LogP contribution is -2.09. The molecule has 1 aromatic rings. The van der Waals surface area contributed by atoms with Crippen molar-refractivity contribution >= 4 is 5.97 Å². The monoisotopic (exact) mass is 211 g/mol. The highest BCUT2D eigenvalue weighted by molar-refractivity contribution is 5.91. The number of hydrogen-bond donors (Lipinski definition) is 2. The molecule has 0 aliphatic heterocycles. The first-order chi connectivity index (χ1) is 6.91. The zero-order valence-electron chi connectivity index (χ0n) is 8.81. The maximum Gasteiger partial charge on any atom is 0.339 e. The molecule has 15 heavy (non-hydrogen) atoms. The van der Waals surface area contributed by atoms with Gasteiger partial charge in [0.25, 0.3) is 0 Å². The van der Waals surface area contributed by atoms with Crippen LogP contribution in [0, 0.1) is 6.92 Å². The molecule has 0 aromatic carbocycles. The molecule has 2 N–H and O–H groups in total. The van der Waals surface area contributed by atoms with Crippen LogP contribution in [0.15, 0.2) is 6.07 Å². The van der Waals surface area contributed by atoms with Gasteiger partial charge < -0.3 is 14.9 Å². The molecule has 0 amide bonds. The molecule has 0 atom stereocenters. The highest BCUT2D eigenvalue weighted by Gasteiger charge is 2.15. The average Bonchev–Trinajstić information content (AvgIpc) is 2.09. The van der Waals surface area contributed by atoms with Gasteiger partial charge in [-0.3, -0.25) is 0 Å². The topological polar surface area (TPSA) is 79.7 Å². The third-order valence-corrected chi connectivity index (χ3v) is 1.73. The van der Waals surface area contributed by atoms with Crippen molar-refractivity contribution in [2.24, 2.45) is 0 Å². The van der Waals surface area contributed by atoms with Crippen molar-refractivity contribution in [3.05, 3.63) is 17.3 Å². The Labute approximate surface area is 87.3 Å². The lowest BCUT2D eigenvalue weighted by atomic mass is 10.2. The number of aryl methyl sites for hydroxylation is 1. The summed E-state index contributed by atoms with van der Waals surface area (Å²) in [5, 5.41) is 18.2. The summed E-state index contributed by atoms with van der Waals surface area (Å²) in [6, 6.07) is 1.21. The van der Waals surface area contributed by atoms with Crippen molar-refractivity contribution in [2.45, 2.75) is 26.9 Å². The second kappa shape index (κ2) is 4.16. The Bertz CT molecular complexity index is 387. The van der Waals surface area contributed by atoms with E-state index in [0.29, 0.717) is 0 Å². The van der Waals surface area contributed by atoms with E-state index in [2.05, 4.69) is 4.98 Å². The van der Waals surface area contributed by atoms with Crippen molar-refractivity contribution in [3.63, 3.8) is 0 Å². The summed E-state index contributed by atoms with van der Waals surface area (Å²) < 4.78 is 5.26. The van der Waals surface area contributed by atoms with Gasteiger partial charge in [0.15, 0.2) is 5.75 Å². The molecule has 5 heteroatoms. The molecule has 1 heterocycles. The minimum Gasteiger partial charge on any atom is -0.505 e.